The first-order valence-electron chi connectivity index (χ1n) is 7.59. The molecule has 0 spiro atoms. The molecule has 0 aliphatic carbocycles. The van der Waals surface area contributed by atoms with Crippen molar-refractivity contribution in [3.05, 3.63) is 35.9 Å². The Bertz CT molecular complexity index is 469. The summed E-state index contributed by atoms with van der Waals surface area (Å²) in [5.74, 6) is -0.693. The Morgan fingerprint density at radius 1 is 1.19 bits per heavy atom. The van der Waals surface area contributed by atoms with Crippen molar-refractivity contribution in [3.8, 4) is 0 Å². The molecule has 4 nitrogen and oxygen atoms in total. The summed E-state index contributed by atoms with van der Waals surface area (Å²) in [4.78, 5) is 23.7. The van der Waals surface area contributed by atoms with E-state index in [4.69, 9.17) is 9.47 Å². The van der Waals surface area contributed by atoms with Crippen molar-refractivity contribution in [2.45, 2.75) is 45.1 Å². The number of hydrogen-bond donors (Lipinski definition) is 0. The van der Waals surface area contributed by atoms with Crippen molar-refractivity contribution in [1.82, 2.24) is 0 Å². The normalized spacial score (nSPS) is 23.5. The third-order valence-electron chi connectivity index (χ3n) is 3.81. The van der Waals surface area contributed by atoms with Crippen LogP contribution in [0.2, 0.25) is 0 Å². The zero-order valence-electron chi connectivity index (χ0n) is 12.4. The summed E-state index contributed by atoms with van der Waals surface area (Å²) in [6.45, 7) is 2.09. The number of hydrogen-bond acceptors (Lipinski definition) is 4. The minimum absolute atomic E-state index is 0.121. The van der Waals surface area contributed by atoms with E-state index in [1.54, 1.807) is 0 Å². The second-order valence-electron chi connectivity index (χ2n) is 5.39. The molecular formula is C17H22O4. The third-order valence-corrected chi connectivity index (χ3v) is 3.81. The van der Waals surface area contributed by atoms with Crippen LogP contribution in [0.25, 0.3) is 0 Å². The maximum absolute atomic E-state index is 12.1. The van der Waals surface area contributed by atoms with Gasteiger partial charge in [-0.3, -0.25) is 9.59 Å². The Morgan fingerprint density at radius 2 is 1.95 bits per heavy atom. The highest BCUT2D eigenvalue weighted by Crippen LogP contribution is 2.22. The van der Waals surface area contributed by atoms with E-state index in [1.807, 2.05) is 25.1 Å². The van der Waals surface area contributed by atoms with Gasteiger partial charge < -0.3 is 9.47 Å². The molecule has 1 aromatic carbocycles. The zero-order chi connectivity index (χ0) is 15.1. The highest BCUT2D eigenvalue weighted by molar-refractivity contribution is 5.74. The Labute approximate surface area is 125 Å². The molecular weight excluding hydrogens is 268 g/mol. The van der Waals surface area contributed by atoms with E-state index in [9.17, 15) is 9.59 Å². The van der Waals surface area contributed by atoms with Gasteiger partial charge in [0.1, 0.15) is 12.7 Å². The molecule has 114 valence electrons. The maximum Gasteiger partial charge on any atom is 0.309 e. The maximum atomic E-state index is 12.1. The van der Waals surface area contributed by atoms with Crippen molar-refractivity contribution in [2.75, 3.05) is 6.61 Å². The van der Waals surface area contributed by atoms with E-state index in [-0.39, 0.29) is 37.0 Å². The predicted octanol–water partition coefficient (Wildman–Crippen LogP) is 2.89. The molecule has 1 unspecified atom stereocenters. The van der Waals surface area contributed by atoms with E-state index < -0.39 is 0 Å². The van der Waals surface area contributed by atoms with Gasteiger partial charge in [0.25, 0.3) is 0 Å². The van der Waals surface area contributed by atoms with Crippen LogP contribution in [0.15, 0.2) is 30.3 Å². The first kappa shape index (κ1) is 15.5. The SMILES string of the molecule is CC[C@H]1CC(CCc2ccccc2)C(=O)OCCC(=O)O1. The molecule has 1 aromatic rings. The number of esters is 2. The van der Waals surface area contributed by atoms with Gasteiger partial charge in [-0.15, -0.1) is 0 Å². The summed E-state index contributed by atoms with van der Waals surface area (Å²) in [6, 6.07) is 10.1. The van der Waals surface area contributed by atoms with E-state index in [2.05, 4.69) is 12.1 Å². The van der Waals surface area contributed by atoms with Crippen molar-refractivity contribution in [2.24, 2.45) is 5.92 Å². The van der Waals surface area contributed by atoms with Crippen LogP contribution in [0.1, 0.15) is 38.2 Å². The van der Waals surface area contributed by atoms with Crippen LogP contribution in [0, 0.1) is 5.92 Å². The standard InChI is InChI=1S/C17H22O4/c1-2-15-12-14(9-8-13-6-4-3-5-7-13)17(19)20-11-10-16(18)21-15/h3-7,14-15H,2,8-12H2,1H3/t14?,15-/m0/s1. The van der Waals surface area contributed by atoms with Crippen molar-refractivity contribution >= 4 is 11.9 Å². The fraction of sp³-hybridized carbons (Fsp3) is 0.529. The summed E-state index contributed by atoms with van der Waals surface area (Å²) >= 11 is 0. The minimum atomic E-state index is -0.279. The smallest absolute Gasteiger partial charge is 0.309 e. The lowest BCUT2D eigenvalue weighted by Crippen LogP contribution is -2.24. The quantitative estimate of drug-likeness (QED) is 0.800. The topological polar surface area (TPSA) is 52.6 Å². The molecule has 2 atom stereocenters. The van der Waals surface area contributed by atoms with Crippen molar-refractivity contribution in [3.63, 3.8) is 0 Å². The first-order chi connectivity index (χ1) is 10.2. The number of cyclic esters (lactones) is 2. The van der Waals surface area contributed by atoms with Crippen LogP contribution in [0.4, 0.5) is 0 Å². The number of carbonyl (C=O) groups excluding carboxylic acids is 2. The van der Waals surface area contributed by atoms with E-state index in [0.717, 1.165) is 19.3 Å². The second-order valence-corrected chi connectivity index (χ2v) is 5.39. The monoisotopic (exact) mass is 290 g/mol. The third kappa shape index (κ3) is 4.88. The van der Waals surface area contributed by atoms with Gasteiger partial charge >= 0.3 is 11.9 Å². The molecule has 0 radical (unpaired) electrons. The van der Waals surface area contributed by atoms with E-state index in [0.29, 0.717) is 6.42 Å². The molecule has 0 saturated carbocycles. The van der Waals surface area contributed by atoms with Gasteiger partial charge in [-0.05, 0) is 31.2 Å². The fourth-order valence-electron chi connectivity index (χ4n) is 2.53. The van der Waals surface area contributed by atoms with Gasteiger partial charge in [0, 0.05) is 0 Å². The Morgan fingerprint density at radius 3 is 2.67 bits per heavy atom. The molecule has 0 bridgehead atoms. The average molecular weight is 290 g/mol. The van der Waals surface area contributed by atoms with Crippen LogP contribution < -0.4 is 0 Å². The van der Waals surface area contributed by atoms with Crippen LogP contribution in [-0.2, 0) is 25.5 Å². The van der Waals surface area contributed by atoms with Gasteiger partial charge in [-0.25, -0.2) is 0 Å². The van der Waals surface area contributed by atoms with Crippen LogP contribution in [-0.4, -0.2) is 24.6 Å². The lowest BCUT2D eigenvalue weighted by molar-refractivity contribution is -0.150. The number of ether oxygens (including phenoxy) is 2. The van der Waals surface area contributed by atoms with Gasteiger partial charge in [0.2, 0.25) is 0 Å². The van der Waals surface area contributed by atoms with Gasteiger partial charge in [-0.2, -0.15) is 0 Å². The lowest BCUT2D eigenvalue weighted by atomic mass is 9.93. The molecule has 1 aliphatic rings. The number of benzene rings is 1. The van der Waals surface area contributed by atoms with E-state index >= 15 is 0 Å². The molecule has 1 saturated heterocycles. The minimum Gasteiger partial charge on any atom is -0.465 e. The van der Waals surface area contributed by atoms with E-state index in [1.165, 1.54) is 5.56 Å². The fourth-order valence-corrected chi connectivity index (χ4v) is 2.53. The molecule has 4 heteroatoms. The Balaban J connectivity index is 1.99. The molecule has 0 N–H and O–H groups in total. The number of aryl methyl sites for hydroxylation is 1. The number of rotatable bonds is 4. The zero-order valence-corrected chi connectivity index (χ0v) is 12.4. The molecule has 1 fully saturated rings. The first-order valence-corrected chi connectivity index (χ1v) is 7.59. The second kappa shape index (κ2) is 7.81. The molecule has 2 rings (SSSR count). The Kier molecular flexibility index (Phi) is 5.78. The summed E-state index contributed by atoms with van der Waals surface area (Å²) in [7, 11) is 0. The van der Waals surface area contributed by atoms with Crippen molar-refractivity contribution < 1.29 is 19.1 Å². The largest absolute Gasteiger partial charge is 0.465 e. The highest BCUT2D eigenvalue weighted by Gasteiger charge is 2.27. The summed E-state index contributed by atoms with van der Waals surface area (Å²) in [5, 5.41) is 0. The summed E-state index contributed by atoms with van der Waals surface area (Å²) in [5.41, 5.74) is 1.20. The lowest BCUT2D eigenvalue weighted by Gasteiger charge is -2.20. The number of carbonyl (C=O) groups is 2. The van der Waals surface area contributed by atoms with Crippen molar-refractivity contribution in [1.29, 1.82) is 0 Å². The predicted molar refractivity (Wildman–Crippen MR) is 78.6 cm³/mol. The molecule has 1 heterocycles. The molecule has 1 aliphatic heterocycles. The molecule has 21 heavy (non-hydrogen) atoms. The summed E-state index contributed by atoms with van der Waals surface area (Å²) < 4.78 is 10.6. The average Bonchev–Trinajstić information content (AvgIpc) is 2.56. The summed E-state index contributed by atoms with van der Waals surface area (Å²) in [6.07, 6.45) is 2.77. The van der Waals surface area contributed by atoms with Gasteiger partial charge in [0.05, 0.1) is 12.3 Å². The van der Waals surface area contributed by atoms with Crippen LogP contribution in [0.3, 0.4) is 0 Å². The van der Waals surface area contributed by atoms with Crippen LogP contribution in [0.5, 0.6) is 0 Å². The Hall–Kier alpha value is -1.84. The van der Waals surface area contributed by atoms with Crippen LogP contribution >= 0.6 is 0 Å². The molecule has 0 amide bonds. The van der Waals surface area contributed by atoms with Gasteiger partial charge in [-0.1, -0.05) is 37.3 Å². The molecule has 0 aromatic heterocycles. The highest BCUT2D eigenvalue weighted by atomic mass is 16.6. The van der Waals surface area contributed by atoms with Gasteiger partial charge in [0.15, 0.2) is 0 Å².